The molecule has 16 heavy (non-hydrogen) atoms. The number of Topliss-reactive ketones (excluding diaryl/α,β-unsaturated/α-hetero) is 3. The summed E-state index contributed by atoms with van der Waals surface area (Å²) < 4.78 is 0. The highest BCUT2D eigenvalue weighted by Gasteiger charge is 2.06. The fourth-order valence-corrected chi connectivity index (χ4v) is 0.720. The van der Waals surface area contributed by atoms with Crippen molar-refractivity contribution in [2.75, 3.05) is 0 Å². The Hall–Kier alpha value is -1.32. The van der Waals surface area contributed by atoms with Crippen LogP contribution in [0.3, 0.4) is 0 Å². The van der Waals surface area contributed by atoms with E-state index in [9.17, 15) is 19.2 Å². The van der Waals surface area contributed by atoms with Crippen LogP contribution in [0.5, 0.6) is 0 Å². The highest BCUT2D eigenvalue weighted by molar-refractivity contribution is 6.36. The van der Waals surface area contributed by atoms with Crippen molar-refractivity contribution < 1.29 is 19.2 Å². The SMILES string of the molecule is CCC(C)C(=O)C=O.CCCC(=O)C(C)=O. The number of carbonyl (C=O) groups excluding carboxylic acids is 4. The third kappa shape index (κ3) is 9.24. The Kier molecular flexibility index (Phi) is 10.9. The largest absolute Gasteiger partial charge is 0.295 e. The molecule has 0 saturated heterocycles. The van der Waals surface area contributed by atoms with Gasteiger partial charge in [-0.05, 0) is 12.8 Å². The number of ketones is 3. The van der Waals surface area contributed by atoms with Gasteiger partial charge in [-0.3, -0.25) is 19.2 Å². The maximum Gasteiger partial charge on any atom is 0.198 e. The zero-order chi connectivity index (χ0) is 13.1. The molecule has 0 aromatic rings. The first-order valence-electron chi connectivity index (χ1n) is 5.43. The Morgan fingerprint density at radius 3 is 1.81 bits per heavy atom. The van der Waals surface area contributed by atoms with Crippen molar-refractivity contribution in [1.82, 2.24) is 0 Å². The van der Waals surface area contributed by atoms with Crippen molar-refractivity contribution in [3.05, 3.63) is 0 Å². The van der Waals surface area contributed by atoms with Gasteiger partial charge in [0.25, 0.3) is 0 Å². The Morgan fingerprint density at radius 2 is 1.69 bits per heavy atom. The van der Waals surface area contributed by atoms with E-state index >= 15 is 0 Å². The van der Waals surface area contributed by atoms with E-state index in [-0.39, 0.29) is 23.3 Å². The number of hydrogen-bond donors (Lipinski definition) is 0. The fourth-order valence-electron chi connectivity index (χ4n) is 0.720. The Balaban J connectivity index is 0. The minimum absolute atomic E-state index is 0.0903. The van der Waals surface area contributed by atoms with E-state index < -0.39 is 0 Å². The van der Waals surface area contributed by atoms with Gasteiger partial charge in [0.2, 0.25) is 0 Å². The molecule has 0 radical (unpaired) electrons. The van der Waals surface area contributed by atoms with Crippen molar-refractivity contribution in [3.8, 4) is 0 Å². The van der Waals surface area contributed by atoms with E-state index in [0.29, 0.717) is 12.7 Å². The minimum Gasteiger partial charge on any atom is -0.295 e. The van der Waals surface area contributed by atoms with Gasteiger partial charge in [-0.15, -0.1) is 0 Å². The van der Waals surface area contributed by atoms with Crippen LogP contribution in [0, 0.1) is 5.92 Å². The third-order valence-corrected chi connectivity index (χ3v) is 2.08. The molecule has 0 aromatic carbocycles. The molecule has 0 heterocycles. The van der Waals surface area contributed by atoms with Gasteiger partial charge in [0.15, 0.2) is 23.6 Å². The first kappa shape index (κ1) is 17.1. The fraction of sp³-hybridized carbons (Fsp3) is 0.667. The van der Waals surface area contributed by atoms with Crippen LogP contribution < -0.4 is 0 Å². The predicted molar refractivity (Wildman–Crippen MR) is 61.1 cm³/mol. The normalized spacial score (nSPS) is 10.8. The first-order chi connectivity index (χ1) is 7.40. The summed E-state index contributed by atoms with van der Waals surface area (Å²) in [5.41, 5.74) is 0. The van der Waals surface area contributed by atoms with Crippen LogP contribution in [0.1, 0.15) is 47.0 Å². The molecule has 0 aliphatic heterocycles. The minimum atomic E-state index is -0.327. The van der Waals surface area contributed by atoms with Crippen LogP contribution in [0.2, 0.25) is 0 Å². The summed E-state index contributed by atoms with van der Waals surface area (Å²) >= 11 is 0. The van der Waals surface area contributed by atoms with Gasteiger partial charge in [-0.25, -0.2) is 0 Å². The van der Waals surface area contributed by atoms with Gasteiger partial charge in [-0.2, -0.15) is 0 Å². The van der Waals surface area contributed by atoms with Gasteiger partial charge in [0.05, 0.1) is 0 Å². The standard InChI is InChI=1S/2C6H10O2/c1-3-5(2)6(8)4-7;1-3-4-6(8)5(2)7/h4-5H,3H2,1-2H3;3-4H2,1-2H3. The maximum absolute atomic E-state index is 10.4. The van der Waals surface area contributed by atoms with Crippen LogP contribution in [0.15, 0.2) is 0 Å². The number of rotatable bonds is 6. The second kappa shape index (κ2) is 10.2. The van der Waals surface area contributed by atoms with Crippen molar-refractivity contribution in [2.45, 2.75) is 47.0 Å². The summed E-state index contributed by atoms with van der Waals surface area (Å²) in [5.74, 6) is -0.973. The molecule has 1 unspecified atom stereocenters. The van der Waals surface area contributed by atoms with Crippen LogP contribution in [0.25, 0.3) is 0 Å². The molecule has 4 heteroatoms. The van der Waals surface area contributed by atoms with Gasteiger partial charge in [0.1, 0.15) is 0 Å². The summed E-state index contributed by atoms with van der Waals surface area (Å²) in [6.07, 6.45) is 2.29. The molecule has 0 aromatic heterocycles. The Labute approximate surface area is 96.4 Å². The molecule has 0 saturated carbocycles. The van der Waals surface area contributed by atoms with Crippen molar-refractivity contribution in [2.24, 2.45) is 5.92 Å². The Bertz CT molecular complexity index is 254. The zero-order valence-corrected chi connectivity index (χ0v) is 10.4. The highest BCUT2D eigenvalue weighted by atomic mass is 16.2. The number of aldehydes is 1. The van der Waals surface area contributed by atoms with E-state index in [1.807, 2.05) is 13.8 Å². The molecule has 0 N–H and O–H groups in total. The molecule has 0 spiro atoms. The lowest BCUT2D eigenvalue weighted by molar-refractivity contribution is -0.135. The van der Waals surface area contributed by atoms with E-state index in [0.717, 1.165) is 12.8 Å². The first-order valence-corrected chi connectivity index (χ1v) is 5.43. The number of hydrogen-bond acceptors (Lipinski definition) is 4. The lowest BCUT2D eigenvalue weighted by Gasteiger charge is -1.97. The topological polar surface area (TPSA) is 68.3 Å². The molecule has 92 valence electrons. The lowest BCUT2D eigenvalue weighted by Crippen LogP contribution is -2.09. The second-order valence-corrected chi connectivity index (χ2v) is 3.56. The quantitative estimate of drug-likeness (QED) is 0.513. The van der Waals surface area contributed by atoms with Crippen LogP contribution in [-0.2, 0) is 19.2 Å². The summed E-state index contributed by atoms with van der Waals surface area (Å²) in [7, 11) is 0. The highest BCUT2D eigenvalue weighted by Crippen LogP contribution is 1.98. The van der Waals surface area contributed by atoms with Crippen LogP contribution in [-0.4, -0.2) is 23.6 Å². The van der Waals surface area contributed by atoms with Crippen molar-refractivity contribution >= 4 is 23.6 Å². The zero-order valence-electron chi connectivity index (χ0n) is 10.4. The van der Waals surface area contributed by atoms with Crippen LogP contribution in [0.4, 0.5) is 0 Å². The molecule has 1 atom stereocenters. The average Bonchev–Trinajstić information content (AvgIpc) is 2.28. The molecule has 0 amide bonds. The Morgan fingerprint density at radius 1 is 1.19 bits per heavy atom. The van der Waals surface area contributed by atoms with Crippen molar-refractivity contribution in [1.29, 1.82) is 0 Å². The molecule has 0 fully saturated rings. The average molecular weight is 228 g/mol. The third-order valence-electron chi connectivity index (χ3n) is 2.08. The summed E-state index contributed by atoms with van der Waals surface area (Å²) in [5, 5.41) is 0. The van der Waals surface area contributed by atoms with Gasteiger partial charge in [0, 0.05) is 19.3 Å². The molecule has 4 nitrogen and oxygen atoms in total. The van der Waals surface area contributed by atoms with E-state index in [4.69, 9.17) is 0 Å². The maximum atomic E-state index is 10.4. The monoisotopic (exact) mass is 228 g/mol. The van der Waals surface area contributed by atoms with E-state index in [2.05, 4.69) is 0 Å². The molecule has 0 aliphatic carbocycles. The summed E-state index contributed by atoms with van der Waals surface area (Å²) in [6, 6.07) is 0. The lowest BCUT2D eigenvalue weighted by atomic mass is 10.1. The predicted octanol–water partition coefficient (Wildman–Crippen LogP) is 1.75. The summed E-state index contributed by atoms with van der Waals surface area (Å²) in [6.45, 7) is 6.81. The van der Waals surface area contributed by atoms with Gasteiger partial charge >= 0.3 is 0 Å². The molecule has 0 aliphatic rings. The molecular formula is C12H20O4. The molecule has 0 rings (SSSR count). The molecule has 0 bridgehead atoms. The second-order valence-electron chi connectivity index (χ2n) is 3.56. The van der Waals surface area contributed by atoms with E-state index in [1.165, 1.54) is 6.92 Å². The smallest absolute Gasteiger partial charge is 0.198 e. The summed E-state index contributed by atoms with van der Waals surface area (Å²) in [4.78, 5) is 40.7. The number of carbonyl (C=O) groups is 4. The van der Waals surface area contributed by atoms with E-state index in [1.54, 1.807) is 6.92 Å². The molecular weight excluding hydrogens is 208 g/mol. The van der Waals surface area contributed by atoms with Crippen molar-refractivity contribution in [3.63, 3.8) is 0 Å². The van der Waals surface area contributed by atoms with Gasteiger partial charge in [-0.1, -0.05) is 20.8 Å². The van der Waals surface area contributed by atoms with Gasteiger partial charge < -0.3 is 0 Å². The van der Waals surface area contributed by atoms with Crippen LogP contribution >= 0.6 is 0 Å².